The summed E-state index contributed by atoms with van der Waals surface area (Å²) in [5.41, 5.74) is 2.77. The Labute approximate surface area is 118 Å². The molecule has 0 saturated carbocycles. The Hall–Kier alpha value is -2.30. The summed E-state index contributed by atoms with van der Waals surface area (Å²) in [5.74, 6) is 0. The van der Waals surface area contributed by atoms with Gasteiger partial charge in [0.25, 0.3) is 0 Å². The minimum absolute atomic E-state index is 0.121. The number of hydrogen-bond donors (Lipinski definition) is 1. The van der Waals surface area contributed by atoms with Crippen molar-refractivity contribution in [1.29, 1.82) is 0 Å². The van der Waals surface area contributed by atoms with Gasteiger partial charge in [0.05, 0.1) is 0 Å². The summed E-state index contributed by atoms with van der Waals surface area (Å²) in [5, 5.41) is 2.89. The Kier molecular flexibility index (Phi) is 3.67. The second kappa shape index (κ2) is 5.77. The molecule has 1 aromatic heterocycles. The number of carbonyl (C=O) groups excluding carboxylic acids is 1. The smallest absolute Gasteiger partial charge is 0.326 e. The van der Waals surface area contributed by atoms with Gasteiger partial charge in [-0.1, -0.05) is 18.2 Å². The van der Waals surface area contributed by atoms with Crippen LogP contribution in [0, 0.1) is 0 Å². The normalized spacial score (nSPS) is 13.3. The van der Waals surface area contributed by atoms with E-state index in [-0.39, 0.29) is 6.03 Å². The zero-order valence-corrected chi connectivity index (χ0v) is 11.3. The number of anilines is 1. The van der Waals surface area contributed by atoms with Crippen molar-refractivity contribution >= 4 is 11.7 Å². The molecule has 1 amide bonds. The van der Waals surface area contributed by atoms with E-state index in [0.717, 1.165) is 25.9 Å². The molecule has 3 rings (SSSR count). The largest absolute Gasteiger partial charge is 0.371 e. The highest BCUT2D eigenvalue weighted by molar-refractivity contribution is 5.76. The molecule has 1 aromatic carbocycles. The van der Waals surface area contributed by atoms with Gasteiger partial charge in [-0.15, -0.1) is 0 Å². The number of hydrogen-bond acceptors (Lipinski definition) is 3. The molecule has 2 heterocycles. The van der Waals surface area contributed by atoms with Crippen LogP contribution < -0.4 is 10.2 Å². The van der Waals surface area contributed by atoms with Gasteiger partial charge in [0.2, 0.25) is 0 Å². The fourth-order valence-electron chi connectivity index (χ4n) is 2.57. The summed E-state index contributed by atoms with van der Waals surface area (Å²) in [7, 11) is 0. The molecule has 20 heavy (non-hydrogen) atoms. The van der Waals surface area contributed by atoms with Crippen LogP contribution in [0.1, 0.15) is 12.0 Å². The van der Waals surface area contributed by atoms with Gasteiger partial charge >= 0.3 is 6.03 Å². The van der Waals surface area contributed by atoms with Gasteiger partial charge in [0.15, 0.2) is 0 Å². The van der Waals surface area contributed by atoms with E-state index in [1.165, 1.54) is 22.1 Å². The van der Waals surface area contributed by atoms with Gasteiger partial charge in [-0.25, -0.2) is 9.78 Å². The molecular weight excluding hydrogens is 252 g/mol. The second-order valence-corrected chi connectivity index (χ2v) is 4.92. The molecule has 0 aliphatic carbocycles. The highest BCUT2D eigenvalue weighted by Crippen LogP contribution is 2.27. The highest BCUT2D eigenvalue weighted by Gasteiger charge is 2.17. The maximum Gasteiger partial charge on any atom is 0.326 e. The molecule has 0 radical (unpaired) electrons. The third-order valence-corrected chi connectivity index (χ3v) is 3.60. The molecule has 104 valence electrons. The number of rotatable bonds is 4. The van der Waals surface area contributed by atoms with Gasteiger partial charge < -0.3 is 10.2 Å². The van der Waals surface area contributed by atoms with Gasteiger partial charge in [-0.2, -0.15) is 0 Å². The molecule has 0 unspecified atom stereocenters. The van der Waals surface area contributed by atoms with E-state index < -0.39 is 0 Å². The van der Waals surface area contributed by atoms with E-state index in [1.807, 2.05) is 0 Å². The van der Waals surface area contributed by atoms with Crippen LogP contribution in [0.2, 0.25) is 0 Å². The van der Waals surface area contributed by atoms with Crippen molar-refractivity contribution in [1.82, 2.24) is 14.9 Å². The number of carbonyl (C=O) groups is 1. The molecule has 5 nitrogen and oxygen atoms in total. The molecule has 0 saturated heterocycles. The lowest BCUT2D eigenvalue weighted by Crippen LogP contribution is -2.31. The Balaban J connectivity index is 1.44. The minimum atomic E-state index is -0.121. The summed E-state index contributed by atoms with van der Waals surface area (Å²) >= 11 is 0. The minimum Gasteiger partial charge on any atom is -0.371 e. The number of nitrogens with zero attached hydrogens (tertiary/aromatic N) is 3. The van der Waals surface area contributed by atoms with Crippen LogP contribution >= 0.6 is 0 Å². The first-order chi connectivity index (χ1) is 9.84. The van der Waals surface area contributed by atoms with Crippen molar-refractivity contribution in [3.63, 3.8) is 0 Å². The zero-order valence-electron chi connectivity index (χ0n) is 11.3. The monoisotopic (exact) mass is 270 g/mol. The van der Waals surface area contributed by atoms with Crippen LogP contribution in [-0.4, -0.2) is 35.2 Å². The van der Waals surface area contributed by atoms with Crippen molar-refractivity contribution in [2.75, 3.05) is 24.5 Å². The maximum atomic E-state index is 11.7. The highest BCUT2D eigenvalue weighted by atomic mass is 16.2. The zero-order chi connectivity index (χ0) is 13.8. The molecule has 0 bridgehead atoms. The topological polar surface area (TPSA) is 50.2 Å². The van der Waals surface area contributed by atoms with Crippen LogP contribution in [0.4, 0.5) is 10.5 Å². The average Bonchev–Trinajstić information content (AvgIpc) is 3.13. The van der Waals surface area contributed by atoms with Crippen LogP contribution in [-0.2, 0) is 6.42 Å². The number of aromatic nitrogens is 2. The number of benzene rings is 1. The lowest BCUT2D eigenvalue weighted by atomic mass is 10.2. The molecule has 5 heteroatoms. The molecule has 0 spiro atoms. The third kappa shape index (κ3) is 2.66. The van der Waals surface area contributed by atoms with Crippen molar-refractivity contribution in [2.24, 2.45) is 0 Å². The molecule has 0 atom stereocenters. The van der Waals surface area contributed by atoms with Crippen LogP contribution in [0.15, 0.2) is 43.0 Å². The average molecular weight is 270 g/mol. The quantitative estimate of drug-likeness (QED) is 0.863. The number of imidazole rings is 1. The Bertz CT molecular complexity index is 579. The lowest BCUT2D eigenvalue weighted by molar-refractivity contribution is 0.242. The van der Waals surface area contributed by atoms with Crippen LogP contribution in [0.3, 0.4) is 0 Å². The van der Waals surface area contributed by atoms with E-state index >= 15 is 0 Å². The van der Waals surface area contributed by atoms with Crippen molar-refractivity contribution in [3.8, 4) is 0 Å². The fraction of sp³-hybridized carbons (Fsp3) is 0.333. The number of para-hydroxylation sites is 1. The van der Waals surface area contributed by atoms with Gasteiger partial charge in [0.1, 0.15) is 6.33 Å². The van der Waals surface area contributed by atoms with Crippen molar-refractivity contribution in [3.05, 3.63) is 48.5 Å². The van der Waals surface area contributed by atoms with Crippen molar-refractivity contribution < 1.29 is 4.79 Å². The number of fused-ring (bicyclic) bond motifs is 1. The molecule has 2 aromatic rings. The summed E-state index contributed by atoms with van der Waals surface area (Å²) in [6.45, 7) is 2.73. The third-order valence-electron chi connectivity index (χ3n) is 3.60. The fourth-order valence-corrected chi connectivity index (χ4v) is 2.57. The van der Waals surface area contributed by atoms with Crippen molar-refractivity contribution in [2.45, 2.75) is 12.8 Å². The maximum absolute atomic E-state index is 11.7. The first kappa shape index (κ1) is 12.7. The second-order valence-electron chi connectivity index (χ2n) is 4.92. The molecule has 1 aliphatic heterocycles. The van der Waals surface area contributed by atoms with Crippen LogP contribution in [0.5, 0.6) is 0 Å². The molecular formula is C15H18N4O. The predicted molar refractivity (Wildman–Crippen MR) is 78.0 cm³/mol. The van der Waals surface area contributed by atoms with E-state index in [4.69, 9.17) is 0 Å². The SMILES string of the molecule is O=C(NCCCN1CCc2ccccc21)n1ccnc1. The Morgan fingerprint density at radius 1 is 1.35 bits per heavy atom. The van der Waals surface area contributed by atoms with Crippen LogP contribution in [0.25, 0.3) is 0 Å². The molecule has 0 fully saturated rings. The van der Waals surface area contributed by atoms with Gasteiger partial charge in [-0.3, -0.25) is 4.57 Å². The standard InChI is InChI=1S/C15H18N4O/c20-15(19-11-8-16-12-19)17-7-3-9-18-10-6-13-4-1-2-5-14(13)18/h1-2,4-5,8,11-12H,3,6-7,9-10H2,(H,17,20). The summed E-state index contributed by atoms with van der Waals surface area (Å²) in [4.78, 5) is 17.9. The molecule has 1 aliphatic rings. The first-order valence-corrected chi connectivity index (χ1v) is 6.93. The van der Waals surface area contributed by atoms with E-state index in [0.29, 0.717) is 6.54 Å². The van der Waals surface area contributed by atoms with Gasteiger partial charge in [-0.05, 0) is 24.5 Å². The first-order valence-electron chi connectivity index (χ1n) is 6.93. The number of nitrogens with one attached hydrogen (secondary N) is 1. The Morgan fingerprint density at radius 2 is 2.25 bits per heavy atom. The van der Waals surface area contributed by atoms with Gasteiger partial charge in [0, 0.05) is 37.7 Å². The summed E-state index contributed by atoms with van der Waals surface area (Å²) in [6.07, 6.45) is 6.81. The Morgan fingerprint density at radius 3 is 3.10 bits per heavy atom. The van der Waals surface area contributed by atoms with E-state index in [9.17, 15) is 4.79 Å². The summed E-state index contributed by atoms with van der Waals surface area (Å²) < 4.78 is 1.45. The number of amides is 1. The predicted octanol–water partition coefficient (Wildman–Crippen LogP) is 1.89. The molecule has 1 N–H and O–H groups in total. The summed E-state index contributed by atoms with van der Waals surface area (Å²) in [6, 6.07) is 8.41. The van der Waals surface area contributed by atoms with E-state index in [2.05, 4.69) is 39.5 Å². The van der Waals surface area contributed by atoms with E-state index in [1.54, 1.807) is 12.4 Å². The lowest BCUT2D eigenvalue weighted by Gasteiger charge is -2.19.